The number of fused-ring (bicyclic) bond motifs is 2. The van der Waals surface area contributed by atoms with Crippen LogP contribution < -0.4 is 0 Å². The number of aromatic nitrogens is 1. The van der Waals surface area contributed by atoms with Crippen LogP contribution >= 0.6 is 11.6 Å². The number of alkyl halides is 1. The van der Waals surface area contributed by atoms with Gasteiger partial charge in [-0.2, -0.15) is 0 Å². The Kier molecular flexibility index (Phi) is 4.95. The molecule has 1 amide bonds. The number of carbonyl (C=O) groups is 1. The average molecular weight is 380 g/mol. The number of amides is 1. The van der Waals surface area contributed by atoms with Crippen LogP contribution in [0.4, 0.5) is 4.39 Å². The van der Waals surface area contributed by atoms with Crippen LogP contribution in [0.2, 0.25) is 5.02 Å². The van der Waals surface area contributed by atoms with Crippen molar-refractivity contribution in [2.45, 2.75) is 70.2 Å². The molecule has 1 aromatic rings. The first-order valence-electron chi connectivity index (χ1n) is 9.82. The molecule has 3 aliphatic heterocycles. The van der Waals surface area contributed by atoms with Gasteiger partial charge < -0.3 is 4.90 Å². The van der Waals surface area contributed by atoms with E-state index in [2.05, 4.69) is 16.8 Å². The van der Waals surface area contributed by atoms with Crippen molar-refractivity contribution in [2.75, 3.05) is 13.1 Å². The minimum atomic E-state index is -0.748. The van der Waals surface area contributed by atoms with Gasteiger partial charge in [0.1, 0.15) is 6.17 Å². The van der Waals surface area contributed by atoms with Crippen LogP contribution in [-0.2, 0) is 11.3 Å². The zero-order chi connectivity index (χ0) is 18.3. The quantitative estimate of drug-likeness (QED) is 0.797. The topological polar surface area (TPSA) is 36.4 Å². The Morgan fingerprint density at radius 1 is 1.35 bits per heavy atom. The van der Waals surface area contributed by atoms with Gasteiger partial charge >= 0.3 is 0 Å². The molecule has 142 valence electrons. The van der Waals surface area contributed by atoms with Crippen LogP contribution in [0.5, 0.6) is 0 Å². The average Bonchev–Trinajstić information content (AvgIpc) is 3.19. The van der Waals surface area contributed by atoms with Crippen molar-refractivity contribution in [3.63, 3.8) is 0 Å². The zero-order valence-electron chi connectivity index (χ0n) is 15.3. The summed E-state index contributed by atoms with van der Waals surface area (Å²) in [5.74, 6) is 0.255. The molecule has 4 heterocycles. The molecule has 3 aliphatic rings. The van der Waals surface area contributed by atoms with Crippen molar-refractivity contribution in [1.82, 2.24) is 14.8 Å². The monoisotopic (exact) mass is 379 g/mol. The molecule has 4 nitrogen and oxygen atoms in total. The number of hydrogen-bond acceptors (Lipinski definition) is 3. The Labute approximate surface area is 159 Å². The first-order valence-corrected chi connectivity index (χ1v) is 10.2. The maximum absolute atomic E-state index is 13.5. The Hall–Kier alpha value is -1.20. The van der Waals surface area contributed by atoms with Gasteiger partial charge in [-0.1, -0.05) is 18.5 Å². The number of piperidine rings is 1. The highest BCUT2D eigenvalue weighted by Gasteiger charge is 2.59. The largest absolute Gasteiger partial charge is 0.342 e. The minimum absolute atomic E-state index is 0.255. The Bertz CT molecular complexity index is 679. The number of nitrogens with zero attached hydrogens (tertiary/aromatic N) is 3. The van der Waals surface area contributed by atoms with Gasteiger partial charge in [0.05, 0.1) is 10.4 Å². The summed E-state index contributed by atoms with van der Waals surface area (Å²) >= 11 is 6.32. The predicted molar refractivity (Wildman–Crippen MR) is 99.7 cm³/mol. The third-order valence-electron chi connectivity index (χ3n) is 6.86. The standard InChI is InChI=1S/C20H27ClFN3O/c1-2-20(19(26)24-9-6-15(22)7-10-24)11-16-3-4-18(20)25(16)13-14-5-8-23-12-17(14)21/h5,8,12,15-16,18H,2-4,6-7,9-11,13H2,1H3/t16-,18+,20+/m0/s1. The fourth-order valence-corrected chi connectivity index (χ4v) is 5.58. The highest BCUT2D eigenvalue weighted by molar-refractivity contribution is 6.31. The molecular weight excluding hydrogens is 353 g/mol. The van der Waals surface area contributed by atoms with E-state index in [4.69, 9.17) is 11.6 Å². The second kappa shape index (κ2) is 7.08. The molecule has 0 spiro atoms. The highest BCUT2D eigenvalue weighted by Crippen LogP contribution is 2.53. The van der Waals surface area contributed by atoms with Crippen LogP contribution in [0.15, 0.2) is 18.5 Å². The van der Waals surface area contributed by atoms with Gasteiger partial charge in [-0.25, -0.2) is 4.39 Å². The number of hydrogen-bond donors (Lipinski definition) is 0. The molecule has 0 radical (unpaired) electrons. The molecular formula is C20H27ClFN3O. The summed E-state index contributed by atoms with van der Waals surface area (Å²) in [6.07, 6.45) is 7.66. The van der Waals surface area contributed by atoms with E-state index >= 15 is 0 Å². The first-order chi connectivity index (χ1) is 12.5. The van der Waals surface area contributed by atoms with Crippen molar-refractivity contribution in [2.24, 2.45) is 5.41 Å². The summed E-state index contributed by atoms with van der Waals surface area (Å²) in [7, 11) is 0. The molecule has 0 aliphatic carbocycles. The number of carbonyl (C=O) groups excluding carboxylic acids is 1. The van der Waals surface area contributed by atoms with Crippen molar-refractivity contribution < 1.29 is 9.18 Å². The summed E-state index contributed by atoms with van der Waals surface area (Å²) in [6.45, 7) is 4.04. The molecule has 3 fully saturated rings. The molecule has 0 N–H and O–H groups in total. The lowest BCUT2D eigenvalue weighted by atomic mass is 9.70. The van der Waals surface area contributed by atoms with E-state index in [0.29, 0.717) is 37.0 Å². The van der Waals surface area contributed by atoms with Crippen LogP contribution in [0.25, 0.3) is 0 Å². The zero-order valence-corrected chi connectivity index (χ0v) is 16.1. The normalized spacial score (nSPS) is 32.3. The first kappa shape index (κ1) is 18.2. The van der Waals surface area contributed by atoms with E-state index in [0.717, 1.165) is 37.8 Å². The lowest BCUT2D eigenvalue weighted by molar-refractivity contribution is -0.146. The highest BCUT2D eigenvalue weighted by atomic mass is 35.5. The van der Waals surface area contributed by atoms with Gasteiger partial charge in [-0.3, -0.25) is 14.7 Å². The summed E-state index contributed by atoms with van der Waals surface area (Å²) in [6, 6.07) is 2.67. The molecule has 0 unspecified atom stereocenters. The van der Waals surface area contributed by atoms with E-state index < -0.39 is 6.17 Å². The summed E-state index contributed by atoms with van der Waals surface area (Å²) in [5.41, 5.74) is 0.766. The van der Waals surface area contributed by atoms with Crippen LogP contribution in [0.1, 0.15) is 51.0 Å². The molecule has 2 bridgehead atoms. The van der Waals surface area contributed by atoms with Gasteiger partial charge in [0.2, 0.25) is 5.91 Å². The summed E-state index contributed by atoms with van der Waals surface area (Å²) in [5, 5.41) is 0.692. The molecule has 1 aromatic heterocycles. The maximum atomic E-state index is 13.5. The molecule has 0 aromatic carbocycles. The smallest absolute Gasteiger partial charge is 0.230 e. The van der Waals surface area contributed by atoms with Crippen molar-refractivity contribution in [3.8, 4) is 0 Å². The molecule has 6 heteroatoms. The predicted octanol–water partition coefficient (Wildman–Crippen LogP) is 3.83. The molecule has 0 saturated carbocycles. The minimum Gasteiger partial charge on any atom is -0.342 e. The van der Waals surface area contributed by atoms with Crippen LogP contribution in [0, 0.1) is 5.41 Å². The number of pyridine rings is 1. The van der Waals surface area contributed by atoms with Gasteiger partial charge in [0.25, 0.3) is 0 Å². The Morgan fingerprint density at radius 3 is 2.81 bits per heavy atom. The van der Waals surface area contributed by atoms with E-state index in [1.165, 1.54) is 0 Å². The second-order valence-corrected chi connectivity index (χ2v) is 8.47. The fourth-order valence-electron chi connectivity index (χ4n) is 5.40. The van der Waals surface area contributed by atoms with Crippen molar-refractivity contribution in [1.29, 1.82) is 0 Å². The summed E-state index contributed by atoms with van der Waals surface area (Å²) in [4.78, 5) is 21.9. The van der Waals surface area contributed by atoms with Crippen LogP contribution in [-0.4, -0.2) is 52.0 Å². The lowest BCUT2D eigenvalue weighted by Gasteiger charge is -2.41. The van der Waals surface area contributed by atoms with E-state index in [1.54, 1.807) is 12.4 Å². The second-order valence-electron chi connectivity index (χ2n) is 8.07. The number of rotatable bonds is 4. The third kappa shape index (κ3) is 2.93. The Balaban J connectivity index is 1.55. The van der Waals surface area contributed by atoms with Crippen molar-refractivity contribution >= 4 is 17.5 Å². The lowest BCUT2D eigenvalue weighted by Crippen LogP contribution is -2.52. The van der Waals surface area contributed by atoms with Gasteiger partial charge in [0.15, 0.2) is 0 Å². The molecule has 26 heavy (non-hydrogen) atoms. The molecule has 4 rings (SSSR count). The molecule has 3 atom stereocenters. The van der Waals surface area contributed by atoms with Crippen LogP contribution in [0.3, 0.4) is 0 Å². The Morgan fingerprint density at radius 2 is 2.12 bits per heavy atom. The number of likely N-dealkylation sites (tertiary alicyclic amines) is 1. The van der Waals surface area contributed by atoms with Crippen molar-refractivity contribution in [3.05, 3.63) is 29.0 Å². The van der Waals surface area contributed by atoms with E-state index in [9.17, 15) is 9.18 Å². The van der Waals surface area contributed by atoms with E-state index in [1.807, 2.05) is 11.0 Å². The van der Waals surface area contributed by atoms with Gasteiger partial charge in [0, 0.05) is 44.1 Å². The SMILES string of the molecule is CC[C@@]1(C(=O)N2CCC(F)CC2)C[C@@H]2CC[C@H]1N2Cc1ccncc1Cl. The summed E-state index contributed by atoms with van der Waals surface area (Å²) < 4.78 is 13.5. The number of halogens is 2. The fraction of sp³-hybridized carbons (Fsp3) is 0.700. The van der Waals surface area contributed by atoms with Gasteiger partial charge in [-0.05, 0) is 50.2 Å². The molecule has 3 saturated heterocycles. The third-order valence-corrected chi connectivity index (χ3v) is 7.20. The maximum Gasteiger partial charge on any atom is 0.230 e. The van der Waals surface area contributed by atoms with E-state index in [-0.39, 0.29) is 17.4 Å². The van der Waals surface area contributed by atoms with Gasteiger partial charge in [-0.15, -0.1) is 0 Å².